The highest BCUT2D eigenvalue weighted by molar-refractivity contribution is 5.73. The molecule has 4 saturated carbocycles. The Morgan fingerprint density at radius 1 is 1.35 bits per heavy atom. The predicted octanol–water partition coefficient (Wildman–Crippen LogP) is 3.71. The first-order valence-electron chi connectivity index (χ1n) is 9.36. The van der Waals surface area contributed by atoms with E-state index in [9.17, 15) is 9.90 Å². The highest BCUT2D eigenvalue weighted by atomic mass is 16.5. The third-order valence-corrected chi connectivity index (χ3v) is 8.26. The predicted molar refractivity (Wildman–Crippen MR) is 88.6 cm³/mol. The van der Waals surface area contributed by atoms with Crippen LogP contribution in [0.4, 0.5) is 0 Å². The minimum Gasteiger partial charge on any atom is -0.469 e. The second kappa shape index (κ2) is 5.08. The Hall–Kier alpha value is -0.830. The number of methoxy groups -OCH3 is 1. The molecule has 128 valence electrons. The van der Waals surface area contributed by atoms with Crippen LogP contribution in [0.2, 0.25) is 0 Å². The van der Waals surface area contributed by atoms with Gasteiger partial charge < -0.3 is 9.84 Å². The smallest absolute Gasteiger partial charge is 0.308 e. The number of aliphatic hydroxyl groups excluding tert-OH is 1. The summed E-state index contributed by atoms with van der Waals surface area (Å²) >= 11 is 0. The van der Waals surface area contributed by atoms with Crippen molar-refractivity contribution in [3.05, 3.63) is 12.2 Å². The van der Waals surface area contributed by atoms with Gasteiger partial charge in [-0.1, -0.05) is 25.5 Å². The van der Waals surface area contributed by atoms with Gasteiger partial charge in [-0.15, -0.1) is 0 Å². The van der Waals surface area contributed by atoms with Crippen LogP contribution in [-0.2, 0) is 9.53 Å². The molecule has 3 heteroatoms. The van der Waals surface area contributed by atoms with Gasteiger partial charge in [0.2, 0.25) is 0 Å². The fraction of sp³-hybridized carbons (Fsp3) is 0.850. The maximum Gasteiger partial charge on any atom is 0.308 e. The van der Waals surface area contributed by atoms with Crippen molar-refractivity contribution in [2.45, 2.75) is 64.4 Å². The average molecular weight is 318 g/mol. The molecule has 0 unspecified atom stereocenters. The summed E-state index contributed by atoms with van der Waals surface area (Å²) in [6, 6.07) is 0. The lowest BCUT2D eigenvalue weighted by Crippen LogP contribution is -2.60. The minimum absolute atomic E-state index is 0.0203. The lowest BCUT2D eigenvalue weighted by molar-refractivity contribution is -0.191. The van der Waals surface area contributed by atoms with Crippen LogP contribution >= 0.6 is 0 Å². The summed E-state index contributed by atoms with van der Waals surface area (Å²) in [6.45, 7) is 6.72. The molecule has 0 saturated heterocycles. The van der Waals surface area contributed by atoms with Crippen LogP contribution in [0.3, 0.4) is 0 Å². The quantitative estimate of drug-likeness (QED) is 0.592. The SMILES string of the molecule is C=C1C[C@]23C[C@H]1CC[C@H]2[C@]1(C)CCC[C@@H](C(=O)OC)[C@H]1C[C@@H]3O. The van der Waals surface area contributed by atoms with Crippen molar-refractivity contribution >= 4 is 5.97 Å². The van der Waals surface area contributed by atoms with E-state index in [0.717, 1.165) is 32.1 Å². The summed E-state index contributed by atoms with van der Waals surface area (Å²) in [5.74, 6) is 1.36. The van der Waals surface area contributed by atoms with Gasteiger partial charge >= 0.3 is 5.97 Å². The van der Waals surface area contributed by atoms with E-state index in [1.54, 1.807) is 0 Å². The first kappa shape index (κ1) is 15.7. The number of carbonyl (C=O) groups is 1. The topological polar surface area (TPSA) is 46.5 Å². The number of hydrogen-bond donors (Lipinski definition) is 1. The van der Waals surface area contributed by atoms with E-state index >= 15 is 0 Å². The molecule has 2 bridgehead atoms. The molecule has 7 atom stereocenters. The maximum atomic E-state index is 12.3. The van der Waals surface area contributed by atoms with Gasteiger partial charge in [-0.05, 0) is 68.1 Å². The zero-order valence-electron chi connectivity index (χ0n) is 14.5. The Kier molecular flexibility index (Phi) is 3.46. The van der Waals surface area contributed by atoms with Crippen LogP contribution in [0, 0.1) is 34.5 Å². The van der Waals surface area contributed by atoms with Gasteiger partial charge in [0.05, 0.1) is 19.1 Å². The molecule has 23 heavy (non-hydrogen) atoms. The van der Waals surface area contributed by atoms with E-state index in [-0.39, 0.29) is 34.7 Å². The van der Waals surface area contributed by atoms with E-state index in [1.165, 1.54) is 31.9 Å². The molecule has 4 fully saturated rings. The van der Waals surface area contributed by atoms with Gasteiger partial charge in [0.15, 0.2) is 0 Å². The number of hydrogen-bond acceptors (Lipinski definition) is 3. The van der Waals surface area contributed by atoms with Crippen molar-refractivity contribution in [3.63, 3.8) is 0 Å². The standard InChI is InChI=1S/C20H30O3/c1-12-10-20-11-13(12)6-7-16(20)19(2)8-4-5-14(18(22)23-3)15(19)9-17(20)21/h13-17,21H,1,4-11H2,2-3H3/t13-,14-,15-,16+,17+,19-,20+/m1/s1. The zero-order chi connectivity index (χ0) is 16.4. The van der Waals surface area contributed by atoms with E-state index in [1.807, 2.05) is 0 Å². The van der Waals surface area contributed by atoms with Crippen LogP contribution in [0.5, 0.6) is 0 Å². The maximum absolute atomic E-state index is 12.3. The van der Waals surface area contributed by atoms with Gasteiger partial charge in [0, 0.05) is 5.41 Å². The molecule has 0 aromatic heterocycles. The highest BCUT2D eigenvalue weighted by Gasteiger charge is 2.65. The normalized spacial score (nSPS) is 51.8. The number of fused-ring (bicyclic) bond motifs is 3. The first-order chi connectivity index (χ1) is 10.9. The lowest BCUT2D eigenvalue weighted by atomic mass is 9.42. The Bertz CT molecular complexity index is 541. The van der Waals surface area contributed by atoms with Crippen LogP contribution in [0.25, 0.3) is 0 Å². The van der Waals surface area contributed by atoms with Crippen molar-refractivity contribution in [2.75, 3.05) is 7.11 Å². The van der Waals surface area contributed by atoms with Crippen molar-refractivity contribution in [1.82, 2.24) is 0 Å². The summed E-state index contributed by atoms with van der Waals surface area (Å²) in [5, 5.41) is 11.1. The summed E-state index contributed by atoms with van der Waals surface area (Å²) in [7, 11) is 1.50. The summed E-state index contributed by atoms with van der Waals surface area (Å²) in [5.41, 5.74) is 1.59. The van der Waals surface area contributed by atoms with Crippen LogP contribution in [0.15, 0.2) is 12.2 Å². The Labute approximate surface area is 139 Å². The van der Waals surface area contributed by atoms with Crippen molar-refractivity contribution in [2.24, 2.45) is 34.5 Å². The van der Waals surface area contributed by atoms with E-state index in [2.05, 4.69) is 13.5 Å². The molecule has 4 aliphatic carbocycles. The molecule has 0 aromatic carbocycles. The second-order valence-corrected chi connectivity index (χ2v) is 8.98. The van der Waals surface area contributed by atoms with Crippen molar-refractivity contribution < 1.29 is 14.6 Å². The summed E-state index contributed by atoms with van der Waals surface area (Å²) in [4.78, 5) is 12.3. The number of rotatable bonds is 1. The van der Waals surface area contributed by atoms with Crippen LogP contribution < -0.4 is 0 Å². The van der Waals surface area contributed by atoms with E-state index in [4.69, 9.17) is 4.74 Å². The number of esters is 1. The third kappa shape index (κ3) is 1.95. The van der Waals surface area contributed by atoms with Gasteiger partial charge in [-0.3, -0.25) is 4.79 Å². The molecule has 4 aliphatic rings. The van der Waals surface area contributed by atoms with Gasteiger partial charge in [0.1, 0.15) is 0 Å². The highest BCUT2D eigenvalue weighted by Crippen LogP contribution is 2.70. The molecule has 0 aromatic rings. The molecule has 0 heterocycles. The average Bonchev–Trinajstić information content (AvgIpc) is 2.78. The van der Waals surface area contributed by atoms with E-state index in [0.29, 0.717) is 11.8 Å². The largest absolute Gasteiger partial charge is 0.469 e. The summed E-state index contributed by atoms with van der Waals surface area (Å²) < 4.78 is 5.10. The molecule has 0 radical (unpaired) electrons. The molecule has 1 spiro atoms. The number of allylic oxidation sites excluding steroid dienone is 1. The molecular formula is C20H30O3. The molecule has 3 nitrogen and oxygen atoms in total. The van der Waals surface area contributed by atoms with Crippen LogP contribution in [-0.4, -0.2) is 24.3 Å². The number of carbonyl (C=O) groups excluding carboxylic acids is 1. The molecule has 1 N–H and O–H groups in total. The lowest BCUT2D eigenvalue weighted by Gasteiger charge is -2.62. The Morgan fingerprint density at radius 3 is 2.87 bits per heavy atom. The van der Waals surface area contributed by atoms with Gasteiger partial charge in [-0.25, -0.2) is 0 Å². The fourth-order valence-electron chi connectivity index (χ4n) is 7.27. The molecule has 0 amide bonds. The van der Waals surface area contributed by atoms with Gasteiger partial charge in [0.25, 0.3) is 0 Å². The van der Waals surface area contributed by atoms with Crippen molar-refractivity contribution in [3.8, 4) is 0 Å². The molecule has 0 aliphatic heterocycles. The number of ether oxygens (including phenoxy) is 1. The molecule has 4 rings (SSSR count). The minimum atomic E-state index is -0.280. The Balaban J connectivity index is 1.73. The van der Waals surface area contributed by atoms with Crippen LogP contribution in [0.1, 0.15) is 58.3 Å². The fourth-order valence-corrected chi connectivity index (χ4v) is 7.27. The number of aliphatic hydroxyl groups is 1. The first-order valence-corrected chi connectivity index (χ1v) is 9.36. The third-order valence-electron chi connectivity index (χ3n) is 8.26. The monoisotopic (exact) mass is 318 g/mol. The molecular weight excluding hydrogens is 288 g/mol. The van der Waals surface area contributed by atoms with E-state index < -0.39 is 0 Å². The summed E-state index contributed by atoms with van der Waals surface area (Å²) in [6.07, 6.45) is 8.28. The van der Waals surface area contributed by atoms with Gasteiger partial charge in [-0.2, -0.15) is 0 Å². The zero-order valence-corrected chi connectivity index (χ0v) is 14.5. The second-order valence-electron chi connectivity index (χ2n) is 8.98. The van der Waals surface area contributed by atoms with Crippen molar-refractivity contribution in [1.29, 1.82) is 0 Å². The Morgan fingerprint density at radius 2 is 2.13 bits per heavy atom.